The first-order chi connectivity index (χ1) is 25.3. The molecule has 0 atom stereocenters. The smallest absolute Gasteiger partial charge is 0.166 e. The second-order valence-electron chi connectivity index (χ2n) is 12.9. The summed E-state index contributed by atoms with van der Waals surface area (Å²) >= 11 is 0. The molecule has 8 aromatic carbocycles. The van der Waals surface area contributed by atoms with Gasteiger partial charge in [0.15, 0.2) is 17.5 Å². The fourth-order valence-corrected chi connectivity index (χ4v) is 7.30. The highest BCUT2D eigenvalue weighted by molar-refractivity contribution is 6.14. The van der Waals surface area contributed by atoms with Crippen molar-refractivity contribution in [2.75, 3.05) is 0 Å². The van der Waals surface area contributed by atoms with Gasteiger partial charge in [-0.05, 0) is 69.1 Å². The van der Waals surface area contributed by atoms with Crippen LogP contribution >= 0.6 is 0 Å². The molecule has 4 nitrogen and oxygen atoms in total. The first-order valence-electron chi connectivity index (χ1n) is 17.2. The van der Waals surface area contributed by atoms with Crippen molar-refractivity contribution >= 4 is 43.4 Å². The quantitative estimate of drug-likeness (QED) is 0.186. The maximum absolute atomic E-state index is 5.25. The summed E-state index contributed by atoms with van der Waals surface area (Å²) in [6.45, 7) is 0. The predicted molar refractivity (Wildman–Crippen MR) is 211 cm³/mol. The fraction of sp³-hybridized carbons (Fsp3) is 0. The van der Waals surface area contributed by atoms with Crippen molar-refractivity contribution in [2.45, 2.75) is 0 Å². The highest BCUT2D eigenvalue weighted by atomic mass is 15.1. The van der Waals surface area contributed by atoms with Crippen molar-refractivity contribution in [2.24, 2.45) is 0 Å². The average molecular weight is 651 g/mol. The van der Waals surface area contributed by atoms with Gasteiger partial charge in [-0.2, -0.15) is 0 Å². The van der Waals surface area contributed by atoms with Crippen LogP contribution in [0.2, 0.25) is 0 Å². The summed E-state index contributed by atoms with van der Waals surface area (Å²) in [6.07, 6.45) is 0. The first kappa shape index (κ1) is 29.0. The van der Waals surface area contributed by atoms with Crippen LogP contribution in [-0.2, 0) is 0 Å². The van der Waals surface area contributed by atoms with Crippen LogP contribution in [-0.4, -0.2) is 19.5 Å². The Balaban J connectivity index is 1.29. The van der Waals surface area contributed by atoms with Crippen LogP contribution in [0, 0.1) is 0 Å². The van der Waals surface area contributed by atoms with Crippen LogP contribution in [0.25, 0.3) is 94.3 Å². The Morgan fingerprint density at radius 2 is 0.882 bits per heavy atom. The lowest BCUT2D eigenvalue weighted by atomic mass is 10.0. The Hall–Kier alpha value is -6.91. The topological polar surface area (TPSA) is 43.6 Å². The molecule has 0 saturated carbocycles. The summed E-state index contributed by atoms with van der Waals surface area (Å²) in [5.41, 5.74) is 8.34. The normalized spacial score (nSPS) is 11.5. The standard InChI is InChI=1S/C47H30N4/c1-3-13-31(14-4-1)37-25-26-40(43(30-37)51-42-22-12-11-21-39(42)41-28-35-19-9-10-20-36(35)29-44(41)51)47-49-45(33-16-5-2-6-17-33)48-46(50-47)38-24-23-32-15-7-8-18-34(32)27-38/h1-30H. The molecular weight excluding hydrogens is 621 g/mol. The van der Waals surface area contributed by atoms with Crippen molar-refractivity contribution in [1.82, 2.24) is 19.5 Å². The highest BCUT2D eigenvalue weighted by Gasteiger charge is 2.21. The molecule has 0 fully saturated rings. The first-order valence-corrected chi connectivity index (χ1v) is 17.2. The highest BCUT2D eigenvalue weighted by Crippen LogP contribution is 2.39. The Kier molecular flexibility index (Phi) is 6.78. The van der Waals surface area contributed by atoms with E-state index in [1.54, 1.807) is 0 Å². The van der Waals surface area contributed by atoms with Gasteiger partial charge in [0.05, 0.1) is 16.7 Å². The Labute approximate surface area is 295 Å². The van der Waals surface area contributed by atoms with Gasteiger partial charge in [0.25, 0.3) is 0 Å². The fourth-order valence-electron chi connectivity index (χ4n) is 7.30. The van der Waals surface area contributed by atoms with Crippen LogP contribution < -0.4 is 0 Å². The number of aromatic nitrogens is 4. The third-order valence-corrected chi connectivity index (χ3v) is 9.80. The maximum Gasteiger partial charge on any atom is 0.166 e. The molecule has 0 bridgehead atoms. The molecule has 4 heteroatoms. The van der Waals surface area contributed by atoms with Crippen LogP contribution in [0.5, 0.6) is 0 Å². The van der Waals surface area contributed by atoms with Crippen molar-refractivity contribution in [3.8, 4) is 51.0 Å². The molecule has 0 spiro atoms. The van der Waals surface area contributed by atoms with E-state index in [-0.39, 0.29) is 0 Å². The zero-order valence-electron chi connectivity index (χ0n) is 27.6. The number of benzene rings is 8. The van der Waals surface area contributed by atoms with Crippen molar-refractivity contribution in [3.63, 3.8) is 0 Å². The summed E-state index contributed by atoms with van der Waals surface area (Å²) in [7, 11) is 0. The second kappa shape index (κ2) is 11.9. The summed E-state index contributed by atoms with van der Waals surface area (Å²) < 4.78 is 2.39. The minimum Gasteiger partial charge on any atom is -0.308 e. The molecule has 2 aromatic heterocycles. The van der Waals surface area contributed by atoms with Gasteiger partial charge >= 0.3 is 0 Å². The summed E-state index contributed by atoms with van der Waals surface area (Å²) in [5.74, 6) is 1.89. The maximum atomic E-state index is 5.25. The minimum absolute atomic E-state index is 0.619. The monoisotopic (exact) mass is 650 g/mol. The summed E-state index contributed by atoms with van der Waals surface area (Å²) in [5, 5.41) is 7.14. The molecule has 0 saturated heterocycles. The Morgan fingerprint density at radius 1 is 0.314 bits per heavy atom. The number of fused-ring (bicyclic) bond motifs is 5. The number of hydrogen-bond donors (Lipinski definition) is 0. The molecule has 2 heterocycles. The van der Waals surface area contributed by atoms with E-state index in [1.165, 1.54) is 26.9 Å². The molecule has 0 aliphatic carbocycles. The van der Waals surface area contributed by atoms with Gasteiger partial charge in [-0.15, -0.1) is 0 Å². The van der Waals surface area contributed by atoms with Crippen LogP contribution in [0.3, 0.4) is 0 Å². The Morgan fingerprint density at radius 3 is 1.65 bits per heavy atom. The zero-order chi connectivity index (χ0) is 33.7. The van der Waals surface area contributed by atoms with E-state index in [0.29, 0.717) is 17.5 Å². The lowest BCUT2D eigenvalue weighted by Gasteiger charge is -2.16. The zero-order valence-corrected chi connectivity index (χ0v) is 27.6. The Bertz CT molecular complexity index is 2910. The van der Waals surface area contributed by atoms with E-state index in [0.717, 1.165) is 49.9 Å². The molecule has 0 unspecified atom stereocenters. The number of nitrogens with zero attached hydrogens (tertiary/aromatic N) is 4. The SMILES string of the molecule is c1ccc(-c2ccc(-c3nc(-c4ccccc4)nc(-c4ccc5ccccc5c4)n3)c(-n3c4ccccc4c4cc5ccccc5cc43)c2)cc1. The number of rotatable bonds is 5. The van der Waals surface area contributed by atoms with Crippen molar-refractivity contribution in [3.05, 3.63) is 182 Å². The van der Waals surface area contributed by atoms with E-state index < -0.39 is 0 Å². The summed E-state index contributed by atoms with van der Waals surface area (Å²) in [6, 6.07) is 64.0. The lowest BCUT2D eigenvalue weighted by Crippen LogP contribution is -2.04. The minimum atomic E-state index is 0.619. The molecular formula is C47H30N4. The van der Waals surface area contributed by atoms with Gasteiger partial charge in [-0.25, -0.2) is 15.0 Å². The van der Waals surface area contributed by atoms with Gasteiger partial charge in [-0.1, -0.05) is 146 Å². The van der Waals surface area contributed by atoms with Gasteiger partial charge in [0.1, 0.15) is 0 Å². The van der Waals surface area contributed by atoms with Gasteiger partial charge in [-0.3, -0.25) is 0 Å². The lowest BCUT2D eigenvalue weighted by molar-refractivity contribution is 1.07. The molecule has 10 rings (SSSR count). The molecule has 0 amide bonds. The van der Waals surface area contributed by atoms with E-state index in [1.807, 2.05) is 18.2 Å². The average Bonchev–Trinajstić information content (AvgIpc) is 3.53. The number of hydrogen-bond acceptors (Lipinski definition) is 3. The largest absolute Gasteiger partial charge is 0.308 e. The third-order valence-electron chi connectivity index (χ3n) is 9.80. The van der Waals surface area contributed by atoms with Crippen LogP contribution in [0.15, 0.2) is 182 Å². The predicted octanol–water partition coefficient (Wildman–Crippen LogP) is 11.9. The van der Waals surface area contributed by atoms with E-state index in [9.17, 15) is 0 Å². The van der Waals surface area contributed by atoms with Crippen LogP contribution in [0.1, 0.15) is 0 Å². The molecule has 10 aromatic rings. The van der Waals surface area contributed by atoms with E-state index in [2.05, 4.69) is 168 Å². The molecule has 51 heavy (non-hydrogen) atoms. The van der Waals surface area contributed by atoms with E-state index in [4.69, 9.17) is 15.0 Å². The number of para-hydroxylation sites is 1. The van der Waals surface area contributed by atoms with Crippen molar-refractivity contribution in [1.29, 1.82) is 0 Å². The third kappa shape index (κ3) is 5.04. The van der Waals surface area contributed by atoms with Gasteiger partial charge in [0, 0.05) is 27.5 Å². The molecule has 238 valence electrons. The molecule has 0 aliphatic heterocycles. The second-order valence-corrected chi connectivity index (χ2v) is 12.9. The van der Waals surface area contributed by atoms with Gasteiger partial charge < -0.3 is 4.57 Å². The van der Waals surface area contributed by atoms with Crippen LogP contribution in [0.4, 0.5) is 0 Å². The van der Waals surface area contributed by atoms with Gasteiger partial charge in [0.2, 0.25) is 0 Å². The summed E-state index contributed by atoms with van der Waals surface area (Å²) in [4.78, 5) is 15.5. The molecule has 0 aliphatic rings. The molecule has 0 N–H and O–H groups in total. The van der Waals surface area contributed by atoms with E-state index >= 15 is 0 Å². The molecule has 0 radical (unpaired) electrons. The van der Waals surface area contributed by atoms with Crippen molar-refractivity contribution < 1.29 is 0 Å².